The highest BCUT2D eigenvalue weighted by Gasteiger charge is 2.13. The maximum absolute atomic E-state index is 12.4. The predicted octanol–water partition coefficient (Wildman–Crippen LogP) is 4.07. The van der Waals surface area contributed by atoms with Crippen LogP contribution >= 0.6 is 0 Å². The van der Waals surface area contributed by atoms with Crippen molar-refractivity contribution in [2.24, 2.45) is 0 Å². The SMILES string of the molecule is CCN(c1cccc(C)c1)c1cnc(C(=O)Nc2cccc(C#N)c2)cn1. The number of benzene rings is 2. The third kappa shape index (κ3) is 4.28. The molecule has 27 heavy (non-hydrogen) atoms. The highest BCUT2D eigenvalue weighted by atomic mass is 16.1. The first kappa shape index (κ1) is 18.1. The van der Waals surface area contributed by atoms with Crippen molar-refractivity contribution in [3.8, 4) is 6.07 Å². The standard InChI is InChI=1S/C21H19N5O/c1-3-26(18-9-4-6-15(2)10-18)20-14-23-19(13-24-20)21(27)25-17-8-5-7-16(11-17)12-22/h4-11,13-14H,3H2,1-2H3,(H,25,27). The Labute approximate surface area is 158 Å². The summed E-state index contributed by atoms with van der Waals surface area (Å²) in [5.41, 5.74) is 3.42. The predicted molar refractivity (Wildman–Crippen MR) is 105 cm³/mol. The topological polar surface area (TPSA) is 81.9 Å². The molecule has 0 saturated carbocycles. The van der Waals surface area contributed by atoms with Crippen LogP contribution in [0.5, 0.6) is 0 Å². The second kappa shape index (κ2) is 8.11. The molecule has 0 aliphatic carbocycles. The third-order valence-electron chi connectivity index (χ3n) is 4.03. The molecule has 0 spiro atoms. The first-order valence-corrected chi connectivity index (χ1v) is 8.58. The van der Waals surface area contributed by atoms with E-state index in [2.05, 4.69) is 21.4 Å². The highest BCUT2D eigenvalue weighted by Crippen LogP contribution is 2.23. The van der Waals surface area contributed by atoms with E-state index in [0.29, 0.717) is 17.1 Å². The van der Waals surface area contributed by atoms with Crippen LogP contribution in [-0.2, 0) is 0 Å². The van der Waals surface area contributed by atoms with Crippen molar-refractivity contribution >= 4 is 23.1 Å². The molecular formula is C21H19N5O. The number of nitrogens with one attached hydrogen (secondary N) is 1. The van der Waals surface area contributed by atoms with Crippen LogP contribution in [0.4, 0.5) is 17.2 Å². The van der Waals surface area contributed by atoms with Gasteiger partial charge in [-0.25, -0.2) is 9.97 Å². The van der Waals surface area contributed by atoms with E-state index in [9.17, 15) is 4.79 Å². The number of nitriles is 1. The number of hydrogen-bond acceptors (Lipinski definition) is 5. The molecule has 0 saturated heterocycles. The van der Waals surface area contributed by atoms with Gasteiger partial charge in [-0.1, -0.05) is 18.2 Å². The van der Waals surface area contributed by atoms with Crippen molar-refractivity contribution in [2.45, 2.75) is 13.8 Å². The van der Waals surface area contributed by atoms with Gasteiger partial charge in [0, 0.05) is 17.9 Å². The number of anilines is 3. The van der Waals surface area contributed by atoms with Crippen LogP contribution in [0.15, 0.2) is 60.9 Å². The Morgan fingerprint density at radius 1 is 1.15 bits per heavy atom. The Morgan fingerprint density at radius 2 is 1.96 bits per heavy atom. The van der Waals surface area contributed by atoms with E-state index in [1.54, 1.807) is 30.5 Å². The molecule has 0 aliphatic rings. The molecule has 0 bridgehead atoms. The first-order chi connectivity index (χ1) is 13.1. The van der Waals surface area contributed by atoms with E-state index < -0.39 is 0 Å². The molecular weight excluding hydrogens is 338 g/mol. The summed E-state index contributed by atoms with van der Waals surface area (Å²) in [5, 5.41) is 11.7. The van der Waals surface area contributed by atoms with Gasteiger partial charge in [0.15, 0.2) is 5.82 Å². The van der Waals surface area contributed by atoms with Gasteiger partial charge >= 0.3 is 0 Å². The average molecular weight is 357 g/mol. The van der Waals surface area contributed by atoms with Gasteiger partial charge in [-0.2, -0.15) is 5.26 Å². The van der Waals surface area contributed by atoms with Crippen molar-refractivity contribution in [3.05, 3.63) is 77.7 Å². The minimum Gasteiger partial charge on any atom is -0.325 e. The fourth-order valence-electron chi connectivity index (χ4n) is 2.71. The molecule has 0 fully saturated rings. The van der Waals surface area contributed by atoms with E-state index >= 15 is 0 Å². The van der Waals surface area contributed by atoms with Crippen molar-refractivity contribution < 1.29 is 4.79 Å². The number of carbonyl (C=O) groups excluding carboxylic acids is 1. The number of amides is 1. The van der Waals surface area contributed by atoms with Gasteiger partial charge in [0.05, 0.1) is 24.0 Å². The molecule has 0 radical (unpaired) electrons. The summed E-state index contributed by atoms with van der Waals surface area (Å²) in [6.07, 6.45) is 3.05. The maximum Gasteiger partial charge on any atom is 0.275 e. The van der Waals surface area contributed by atoms with E-state index in [1.165, 1.54) is 6.20 Å². The maximum atomic E-state index is 12.4. The van der Waals surface area contributed by atoms with E-state index in [-0.39, 0.29) is 11.6 Å². The normalized spacial score (nSPS) is 10.1. The minimum absolute atomic E-state index is 0.210. The molecule has 0 aliphatic heterocycles. The van der Waals surface area contributed by atoms with E-state index in [0.717, 1.165) is 17.8 Å². The van der Waals surface area contributed by atoms with Crippen LogP contribution in [-0.4, -0.2) is 22.4 Å². The summed E-state index contributed by atoms with van der Waals surface area (Å²) < 4.78 is 0. The fourth-order valence-corrected chi connectivity index (χ4v) is 2.71. The van der Waals surface area contributed by atoms with Crippen LogP contribution in [0.2, 0.25) is 0 Å². The van der Waals surface area contributed by atoms with Crippen LogP contribution in [0, 0.1) is 18.3 Å². The van der Waals surface area contributed by atoms with Gasteiger partial charge in [0.1, 0.15) is 5.69 Å². The van der Waals surface area contributed by atoms with Crippen molar-refractivity contribution in [1.82, 2.24) is 9.97 Å². The van der Waals surface area contributed by atoms with Crippen LogP contribution in [0.3, 0.4) is 0 Å². The molecule has 134 valence electrons. The zero-order chi connectivity index (χ0) is 19.2. The molecule has 2 aromatic carbocycles. The van der Waals surface area contributed by atoms with Crippen LogP contribution < -0.4 is 10.2 Å². The first-order valence-electron chi connectivity index (χ1n) is 8.58. The lowest BCUT2D eigenvalue weighted by molar-refractivity contribution is 0.102. The number of hydrogen-bond donors (Lipinski definition) is 1. The average Bonchev–Trinajstić information content (AvgIpc) is 2.69. The second-order valence-electron chi connectivity index (χ2n) is 5.99. The second-order valence-corrected chi connectivity index (χ2v) is 5.99. The van der Waals surface area contributed by atoms with Crippen molar-refractivity contribution in [3.63, 3.8) is 0 Å². The summed E-state index contributed by atoms with van der Waals surface area (Å²) >= 11 is 0. The van der Waals surface area contributed by atoms with E-state index in [4.69, 9.17) is 5.26 Å². The lowest BCUT2D eigenvalue weighted by Gasteiger charge is -2.22. The molecule has 1 N–H and O–H groups in total. The van der Waals surface area contributed by atoms with Gasteiger partial charge in [0.25, 0.3) is 5.91 Å². The zero-order valence-electron chi connectivity index (χ0n) is 15.2. The summed E-state index contributed by atoms with van der Waals surface area (Å²) in [6.45, 7) is 4.80. The van der Waals surface area contributed by atoms with Gasteiger partial charge in [-0.3, -0.25) is 4.79 Å². The van der Waals surface area contributed by atoms with Crippen LogP contribution in [0.1, 0.15) is 28.5 Å². The van der Waals surface area contributed by atoms with Gasteiger partial charge < -0.3 is 10.2 Å². The molecule has 3 aromatic rings. The summed E-state index contributed by atoms with van der Waals surface area (Å²) in [6, 6.07) is 16.9. The molecule has 6 nitrogen and oxygen atoms in total. The number of nitrogens with zero attached hydrogens (tertiary/aromatic N) is 4. The third-order valence-corrected chi connectivity index (χ3v) is 4.03. The summed E-state index contributed by atoms with van der Waals surface area (Å²) in [4.78, 5) is 23.1. The monoisotopic (exact) mass is 357 g/mol. The van der Waals surface area contributed by atoms with Gasteiger partial charge in [-0.15, -0.1) is 0 Å². The van der Waals surface area contributed by atoms with E-state index in [1.807, 2.05) is 43.0 Å². The Balaban J connectivity index is 1.77. The zero-order valence-corrected chi connectivity index (χ0v) is 15.2. The Hall–Kier alpha value is -3.72. The Morgan fingerprint density at radius 3 is 2.63 bits per heavy atom. The molecule has 6 heteroatoms. The lowest BCUT2D eigenvalue weighted by Crippen LogP contribution is -2.19. The summed E-state index contributed by atoms with van der Waals surface area (Å²) in [7, 11) is 0. The fraction of sp³-hybridized carbons (Fsp3) is 0.143. The molecule has 1 amide bonds. The highest BCUT2D eigenvalue weighted by molar-refractivity contribution is 6.02. The molecule has 0 unspecified atom stereocenters. The van der Waals surface area contributed by atoms with Crippen LogP contribution in [0.25, 0.3) is 0 Å². The number of aromatic nitrogens is 2. The lowest BCUT2D eigenvalue weighted by atomic mass is 10.2. The Kier molecular flexibility index (Phi) is 5.43. The number of aryl methyl sites for hydroxylation is 1. The Bertz CT molecular complexity index is 992. The molecule has 0 atom stereocenters. The number of rotatable bonds is 5. The quantitative estimate of drug-likeness (QED) is 0.744. The van der Waals surface area contributed by atoms with Crippen molar-refractivity contribution in [2.75, 3.05) is 16.8 Å². The summed E-state index contributed by atoms with van der Waals surface area (Å²) in [5.74, 6) is 0.300. The van der Waals surface area contributed by atoms with Gasteiger partial charge in [0.2, 0.25) is 0 Å². The minimum atomic E-state index is -0.372. The molecule has 3 rings (SSSR count). The van der Waals surface area contributed by atoms with Gasteiger partial charge in [-0.05, 0) is 49.7 Å². The smallest absolute Gasteiger partial charge is 0.275 e. The largest absolute Gasteiger partial charge is 0.325 e. The number of carbonyl (C=O) groups is 1. The molecule has 1 heterocycles. The molecule has 1 aromatic heterocycles. The van der Waals surface area contributed by atoms with Crippen molar-refractivity contribution in [1.29, 1.82) is 5.26 Å².